The van der Waals surface area contributed by atoms with E-state index in [9.17, 15) is 14.0 Å². The van der Waals surface area contributed by atoms with Crippen LogP contribution < -0.4 is 15.8 Å². The summed E-state index contributed by atoms with van der Waals surface area (Å²) in [5, 5.41) is 12.8. The normalized spacial score (nSPS) is 20.2. The van der Waals surface area contributed by atoms with Crippen molar-refractivity contribution in [1.29, 1.82) is 0 Å². The molecule has 2 atom stereocenters. The second-order valence-corrected chi connectivity index (χ2v) is 8.97. The molecule has 0 radical (unpaired) electrons. The highest BCUT2D eigenvalue weighted by Gasteiger charge is 2.37. The van der Waals surface area contributed by atoms with Gasteiger partial charge >= 0.3 is 5.97 Å². The number of hydrogen-bond acceptors (Lipinski definition) is 6. The average molecular weight is 590 g/mol. The van der Waals surface area contributed by atoms with Crippen LogP contribution in [-0.2, 0) is 12.8 Å². The quantitative estimate of drug-likeness (QED) is 0.422. The Morgan fingerprint density at radius 2 is 2.09 bits per heavy atom. The number of halogens is 3. The molecule has 0 saturated carbocycles. The third-order valence-electron chi connectivity index (χ3n) is 5.97. The number of aromatic amines is 1. The molecule has 32 heavy (non-hydrogen) atoms. The summed E-state index contributed by atoms with van der Waals surface area (Å²) in [5.41, 5.74) is 1.76. The summed E-state index contributed by atoms with van der Waals surface area (Å²) < 4.78 is 13.0. The lowest BCUT2D eigenvalue weighted by Gasteiger charge is -2.29. The van der Waals surface area contributed by atoms with Crippen molar-refractivity contribution in [3.8, 4) is 0 Å². The van der Waals surface area contributed by atoms with E-state index in [4.69, 9.17) is 5.11 Å². The molecule has 4 heterocycles. The molecule has 2 fully saturated rings. The van der Waals surface area contributed by atoms with Gasteiger partial charge in [0.05, 0.1) is 5.39 Å². The number of aromatic carboxylic acids is 1. The van der Waals surface area contributed by atoms with Gasteiger partial charge in [-0.25, -0.2) is 14.2 Å². The Labute approximate surface area is 208 Å². The summed E-state index contributed by atoms with van der Waals surface area (Å²) in [5.74, 6) is -1.62. The average Bonchev–Trinajstić information content (AvgIpc) is 3.49. The molecule has 0 spiro atoms. The van der Waals surface area contributed by atoms with Crippen LogP contribution in [0.4, 0.5) is 10.1 Å². The Bertz CT molecular complexity index is 1200. The van der Waals surface area contributed by atoms with Crippen molar-refractivity contribution in [3.05, 3.63) is 56.7 Å². The number of aryl methyl sites for hydroxylation is 2. The Kier molecular flexibility index (Phi) is 7.74. The number of rotatable bonds is 2. The number of nitrogens with one attached hydrogen (secondary N) is 2. The van der Waals surface area contributed by atoms with Gasteiger partial charge in [0, 0.05) is 35.7 Å². The Balaban J connectivity index is 0.000000171. The summed E-state index contributed by atoms with van der Waals surface area (Å²) in [6.45, 7) is 2.06. The number of carboxylic acid groups (broad SMARTS) is 1. The van der Waals surface area contributed by atoms with Crippen molar-refractivity contribution in [2.45, 2.75) is 37.8 Å². The number of carboxylic acids is 1. The van der Waals surface area contributed by atoms with Gasteiger partial charge in [0.2, 0.25) is 5.82 Å². The first kappa shape index (κ1) is 24.8. The molecule has 6 rings (SSSR count). The zero-order valence-corrected chi connectivity index (χ0v) is 21.2. The van der Waals surface area contributed by atoms with Gasteiger partial charge in [0.25, 0.3) is 5.56 Å². The molecule has 7 nitrogen and oxygen atoms in total. The summed E-state index contributed by atoms with van der Waals surface area (Å²) >= 11 is 1.44. The summed E-state index contributed by atoms with van der Waals surface area (Å²) in [6, 6.07) is 8.08. The largest absolute Gasteiger partial charge is 0.475 e. The van der Waals surface area contributed by atoms with E-state index in [-0.39, 0.29) is 51.2 Å². The number of nitrogens with zero attached hydrogens (tertiary/aromatic N) is 2. The second kappa shape index (κ2) is 9.98. The fraction of sp³-hybridized carbons (Fsp3) is 0.381. The van der Waals surface area contributed by atoms with Crippen molar-refractivity contribution in [2.75, 3.05) is 18.0 Å². The molecule has 3 aliphatic rings. The van der Waals surface area contributed by atoms with E-state index in [1.165, 1.54) is 28.7 Å². The zero-order valence-electron chi connectivity index (χ0n) is 17.0. The van der Waals surface area contributed by atoms with Gasteiger partial charge in [-0.05, 0) is 49.4 Å². The Hall–Kier alpha value is -1.82. The van der Waals surface area contributed by atoms with Crippen molar-refractivity contribution in [2.24, 2.45) is 0 Å². The van der Waals surface area contributed by atoms with E-state index < -0.39 is 5.97 Å². The van der Waals surface area contributed by atoms with E-state index in [2.05, 4.69) is 20.2 Å². The van der Waals surface area contributed by atoms with Crippen LogP contribution >= 0.6 is 45.3 Å². The van der Waals surface area contributed by atoms with E-state index >= 15 is 0 Å². The van der Waals surface area contributed by atoms with Crippen LogP contribution in [0.5, 0.6) is 0 Å². The fourth-order valence-electron chi connectivity index (χ4n) is 4.64. The van der Waals surface area contributed by atoms with E-state index in [0.717, 1.165) is 43.6 Å². The molecule has 2 aliphatic heterocycles. The van der Waals surface area contributed by atoms with Gasteiger partial charge in [-0.1, -0.05) is 6.07 Å². The number of fused-ring (bicyclic) bond motifs is 5. The first-order chi connectivity index (χ1) is 14.5. The lowest BCUT2D eigenvalue weighted by molar-refractivity contribution is 0.0683. The third-order valence-corrected chi connectivity index (χ3v) is 7.16. The highest BCUT2D eigenvalue weighted by atomic mass is 79.9. The monoisotopic (exact) mass is 588 g/mol. The molecule has 172 valence electrons. The zero-order chi connectivity index (χ0) is 20.8. The van der Waals surface area contributed by atoms with E-state index in [0.29, 0.717) is 22.3 Å². The van der Waals surface area contributed by atoms with Crippen molar-refractivity contribution in [3.63, 3.8) is 0 Å². The Morgan fingerprint density at radius 1 is 1.28 bits per heavy atom. The number of anilines is 1. The SMILES string of the molecule is Br.Br.Fc1cccc(N2C[C@@H]3C[C@H]2CN3)c1.O=C(O)c1nc2sc3c(c2c(=O)[nH]1)CCC3. The van der Waals surface area contributed by atoms with E-state index in [1.54, 1.807) is 12.1 Å². The molecule has 0 unspecified atom stereocenters. The number of hydrogen-bond donors (Lipinski definition) is 3. The minimum atomic E-state index is -1.20. The number of aromatic nitrogens is 2. The maximum Gasteiger partial charge on any atom is 0.372 e. The van der Waals surface area contributed by atoms with Gasteiger partial charge < -0.3 is 20.3 Å². The molecule has 1 aromatic carbocycles. The number of carbonyl (C=O) groups is 1. The summed E-state index contributed by atoms with van der Waals surface area (Å²) in [4.78, 5) is 32.8. The lowest BCUT2D eigenvalue weighted by atomic mass is 10.2. The van der Waals surface area contributed by atoms with Gasteiger partial charge in [-0.3, -0.25) is 4.79 Å². The predicted octanol–water partition coefficient (Wildman–Crippen LogP) is 3.70. The van der Waals surface area contributed by atoms with Crippen LogP contribution in [-0.4, -0.2) is 46.2 Å². The number of benzene rings is 1. The predicted molar refractivity (Wildman–Crippen MR) is 134 cm³/mol. The minimum absolute atomic E-state index is 0. The van der Waals surface area contributed by atoms with Gasteiger partial charge in [-0.15, -0.1) is 45.3 Å². The molecule has 2 aromatic heterocycles. The van der Waals surface area contributed by atoms with Crippen LogP contribution in [0, 0.1) is 5.82 Å². The lowest BCUT2D eigenvalue weighted by Crippen LogP contribution is -2.43. The van der Waals surface area contributed by atoms with Crippen molar-refractivity contribution < 1.29 is 14.3 Å². The third kappa shape index (κ3) is 4.61. The number of piperazine rings is 1. The van der Waals surface area contributed by atoms with Crippen LogP contribution in [0.1, 0.15) is 33.9 Å². The Morgan fingerprint density at radius 3 is 2.75 bits per heavy atom. The second-order valence-electron chi connectivity index (χ2n) is 7.88. The smallest absolute Gasteiger partial charge is 0.372 e. The molecule has 11 heteroatoms. The number of thiophene rings is 1. The molecule has 2 saturated heterocycles. The standard InChI is InChI=1S/C11H13FN2.C10H8N2O3S.2BrH/c12-8-2-1-3-10(4-8)14-7-9-5-11(14)6-13-9;13-8-6-4-2-1-3-5(4)16-9(6)12-7(11-8)10(14)15;;/h1-4,9,11,13H,5-7H2;1-3H2,(H,14,15)(H,11,12,13);2*1H/t9-,11-;;;/m0.../s1. The highest BCUT2D eigenvalue weighted by Crippen LogP contribution is 2.34. The van der Waals surface area contributed by atoms with Crippen LogP contribution in [0.3, 0.4) is 0 Å². The summed E-state index contributed by atoms with van der Waals surface area (Å²) in [7, 11) is 0. The molecule has 1 aliphatic carbocycles. The van der Waals surface area contributed by atoms with Gasteiger partial charge in [0.15, 0.2) is 0 Å². The van der Waals surface area contributed by atoms with Crippen LogP contribution in [0.15, 0.2) is 29.1 Å². The summed E-state index contributed by atoms with van der Waals surface area (Å²) in [6.07, 6.45) is 4.14. The maximum absolute atomic E-state index is 13.0. The molecule has 2 bridgehead atoms. The molecule has 3 aromatic rings. The molecule has 0 amide bonds. The van der Waals surface area contributed by atoms with Crippen molar-refractivity contribution in [1.82, 2.24) is 15.3 Å². The molecular formula is C21H23Br2FN4O3S. The van der Waals surface area contributed by atoms with E-state index in [1.807, 2.05) is 6.07 Å². The van der Waals surface area contributed by atoms with Crippen molar-refractivity contribution >= 4 is 67.2 Å². The fourth-order valence-corrected chi connectivity index (χ4v) is 5.90. The highest BCUT2D eigenvalue weighted by molar-refractivity contribution is 8.93. The van der Waals surface area contributed by atoms with Gasteiger partial charge in [-0.2, -0.15) is 0 Å². The molecule has 3 N–H and O–H groups in total. The van der Waals surface area contributed by atoms with Crippen LogP contribution in [0.2, 0.25) is 0 Å². The van der Waals surface area contributed by atoms with Gasteiger partial charge in [0.1, 0.15) is 10.6 Å². The minimum Gasteiger partial charge on any atom is -0.475 e. The maximum atomic E-state index is 13.0. The molecular weight excluding hydrogens is 567 g/mol. The first-order valence-electron chi connectivity index (χ1n) is 10.0. The van der Waals surface area contributed by atoms with Crippen LogP contribution in [0.25, 0.3) is 10.2 Å². The number of H-pyrrole nitrogens is 1. The topological polar surface area (TPSA) is 98.3 Å². The first-order valence-corrected chi connectivity index (χ1v) is 10.8.